The molecule has 0 aliphatic carbocycles. The fraction of sp³-hybridized carbons (Fsp3) is 0.667. The van der Waals surface area contributed by atoms with E-state index in [0.29, 0.717) is 0 Å². The number of hydrogen-bond acceptors (Lipinski definition) is 8. The van der Waals surface area contributed by atoms with Crippen LogP contribution in [0.25, 0.3) is 11.0 Å². The van der Waals surface area contributed by atoms with Crippen molar-refractivity contribution in [1.82, 2.24) is 25.3 Å². The molecular weight excluding hydrogens is 346 g/mol. The molecule has 2 aromatic rings. The van der Waals surface area contributed by atoms with Gasteiger partial charge >= 0.3 is 0 Å². The van der Waals surface area contributed by atoms with Crippen molar-refractivity contribution in [3.05, 3.63) is 6.33 Å². The maximum atomic E-state index is 4.98. The fourth-order valence-electron chi connectivity index (χ4n) is 3.54. The Morgan fingerprint density at radius 3 is 2.54 bits per heavy atom. The van der Waals surface area contributed by atoms with Crippen LogP contribution in [0.1, 0.15) is 32.6 Å². The minimum atomic E-state index is 0.827. The van der Waals surface area contributed by atoms with Crippen LogP contribution in [0.3, 0.4) is 0 Å². The third kappa shape index (κ3) is 3.71. The Hall–Kier alpha value is -1.67. The number of fused-ring (bicyclic) bond motifs is 1. The second kappa shape index (κ2) is 8.35. The molecular formula is C18H27N7S. The van der Waals surface area contributed by atoms with E-state index in [1.807, 2.05) is 0 Å². The van der Waals surface area contributed by atoms with E-state index in [1.54, 1.807) is 18.1 Å². The number of hydrogen-bond donors (Lipinski definition) is 1. The van der Waals surface area contributed by atoms with Crippen molar-refractivity contribution >= 4 is 34.6 Å². The number of piperazine rings is 1. The lowest BCUT2D eigenvalue weighted by Crippen LogP contribution is -2.44. The van der Waals surface area contributed by atoms with Gasteiger partial charge in [0.15, 0.2) is 5.82 Å². The number of thioether (sulfide) groups is 1. The molecule has 2 saturated heterocycles. The lowest BCUT2D eigenvalue weighted by Gasteiger charge is -2.31. The zero-order valence-corrected chi connectivity index (χ0v) is 16.3. The van der Waals surface area contributed by atoms with E-state index in [1.165, 1.54) is 19.3 Å². The van der Waals surface area contributed by atoms with Gasteiger partial charge in [0.05, 0.1) is 0 Å². The number of rotatable bonds is 5. The molecule has 0 radical (unpaired) electrons. The summed E-state index contributed by atoms with van der Waals surface area (Å²) >= 11 is 1.77. The highest BCUT2D eigenvalue weighted by atomic mass is 32.2. The van der Waals surface area contributed by atoms with Gasteiger partial charge in [-0.2, -0.15) is 4.98 Å². The summed E-state index contributed by atoms with van der Waals surface area (Å²) in [5.74, 6) is 2.86. The van der Waals surface area contributed by atoms with Gasteiger partial charge in [0.25, 0.3) is 0 Å². The third-order valence-corrected chi connectivity index (χ3v) is 6.10. The summed E-state index contributed by atoms with van der Waals surface area (Å²) < 4.78 is 0. The molecule has 0 aromatic carbocycles. The van der Waals surface area contributed by atoms with Crippen molar-refractivity contribution in [2.24, 2.45) is 0 Å². The van der Waals surface area contributed by atoms with Crippen molar-refractivity contribution in [2.45, 2.75) is 37.6 Å². The largest absolute Gasteiger partial charge is 0.355 e. The molecule has 0 atom stereocenters. The van der Waals surface area contributed by atoms with Crippen LogP contribution in [0.15, 0.2) is 11.4 Å². The molecule has 0 spiro atoms. The van der Waals surface area contributed by atoms with Crippen LogP contribution < -0.4 is 15.1 Å². The zero-order chi connectivity index (χ0) is 17.8. The molecule has 2 aromatic heterocycles. The van der Waals surface area contributed by atoms with Crippen LogP contribution in [-0.4, -0.2) is 65.0 Å². The fourth-order valence-corrected chi connectivity index (χ4v) is 4.33. The third-order valence-electron chi connectivity index (χ3n) is 4.92. The van der Waals surface area contributed by atoms with E-state index in [0.717, 1.165) is 79.3 Å². The second-order valence-corrected chi connectivity index (χ2v) is 7.94. The number of piperidine rings is 1. The van der Waals surface area contributed by atoms with Gasteiger partial charge in [0, 0.05) is 39.3 Å². The molecule has 0 saturated carbocycles. The van der Waals surface area contributed by atoms with Crippen molar-refractivity contribution in [3.63, 3.8) is 0 Å². The Morgan fingerprint density at radius 2 is 1.77 bits per heavy atom. The van der Waals surface area contributed by atoms with E-state index in [4.69, 9.17) is 9.97 Å². The Balaban J connectivity index is 1.80. The Labute approximate surface area is 159 Å². The molecule has 8 heteroatoms. The molecule has 0 bridgehead atoms. The molecule has 1 N–H and O–H groups in total. The number of nitrogens with zero attached hydrogens (tertiary/aromatic N) is 6. The smallest absolute Gasteiger partial charge is 0.228 e. The number of aromatic nitrogens is 4. The lowest BCUT2D eigenvalue weighted by molar-refractivity contribution is 0.568. The van der Waals surface area contributed by atoms with Gasteiger partial charge in [-0.15, -0.1) is 11.8 Å². The van der Waals surface area contributed by atoms with Crippen LogP contribution >= 0.6 is 11.8 Å². The standard InChI is InChI=1S/C18H27N7S/c1-2-12-26-17-15-14(20-13-21-17)16(24-8-4-3-5-9-24)23-18(22-15)25-10-6-19-7-11-25/h13,19H,2-12H2,1H3. The van der Waals surface area contributed by atoms with Crippen molar-refractivity contribution in [2.75, 3.05) is 54.8 Å². The number of anilines is 2. The van der Waals surface area contributed by atoms with Gasteiger partial charge in [-0.25, -0.2) is 15.0 Å². The summed E-state index contributed by atoms with van der Waals surface area (Å²) in [6.45, 7) is 8.12. The first-order valence-corrected chi connectivity index (χ1v) is 10.7. The van der Waals surface area contributed by atoms with E-state index < -0.39 is 0 Å². The summed E-state index contributed by atoms with van der Waals surface area (Å²) in [4.78, 5) is 23.7. The summed E-state index contributed by atoms with van der Waals surface area (Å²) in [6.07, 6.45) is 6.53. The maximum Gasteiger partial charge on any atom is 0.228 e. The first-order chi connectivity index (χ1) is 12.9. The molecule has 2 aliphatic rings. The predicted octanol–water partition coefficient (Wildman–Crippen LogP) is 2.32. The van der Waals surface area contributed by atoms with Crippen LogP contribution in [0, 0.1) is 0 Å². The minimum absolute atomic E-state index is 0.827. The average molecular weight is 374 g/mol. The summed E-state index contributed by atoms with van der Waals surface area (Å²) in [6, 6.07) is 0. The monoisotopic (exact) mass is 373 g/mol. The lowest BCUT2D eigenvalue weighted by atomic mass is 10.1. The SMILES string of the molecule is CCCSc1ncnc2c(N3CCCCC3)nc(N3CCNCC3)nc12. The Morgan fingerprint density at radius 1 is 0.962 bits per heavy atom. The first kappa shape index (κ1) is 17.7. The quantitative estimate of drug-likeness (QED) is 0.632. The molecule has 2 aliphatic heterocycles. The van der Waals surface area contributed by atoms with Gasteiger partial charge in [-0.05, 0) is 31.4 Å². The highest BCUT2D eigenvalue weighted by molar-refractivity contribution is 7.99. The van der Waals surface area contributed by atoms with E-state index >= 15 is 0 Å². The molecule has 140 valence electrons. The van der Waals surface area contributed by atoms with Crippen molar-refractivity contribution in [3.8, 4) is 0 Å². The van der Waals surface area contributed by atoms with Gasteiger partial charge in [-0.1, -0.05) is 6.92 Å². The highest BCUT2D eigenvalue weighted by Gasteiger charge is 2.23. The summed E-state index contributed by atoms with van der Waals surface area (Å²) in [7, 11) is 0. The predicted molar refractivity (Wildman–Crippen MR) is 107 cm³/mol. The van der Waals surface area contributed by atoms with E-state index in [9.17, 15) is 0 Å². The Bertz CT molecular complexity index is 742. The molecule has 0 amide bonds. The molecule has 7 nitrogen and oxygen atoms in total. The van der Waals surface area contributed by atoms with Gasteiger partial charge in [-0.3, -0.25) is 0 Å². The van der Waals surface area contributed by atoms with Crippen molar-refractivity contribution < 1.29 is 0 Å². The van der Waals surface area contributed by atoms with Gasteiger partial charge in [0.1, 0.15) is 22.4 Å². The first-order valence-electron chi connectivity index (χ1n) is 9.73. The normalized spacial score (nSPS) is 18.5. The van der Waals surface area contributed by atoms with Gasteiger partial charge in [0.2, 0.25) is 5.95 Å². The van der Waals surface area contributed by atoms with Crippen LogP contribution in [0.5, 0.6) is 0 Å². The van der Waals surface area contributed by atoms with Gasteiger partial charge < -0.3 is 15.1 Å². The molecule has 4 rings (SSSR count). The van der Waals surface area contributed by atoms with Crippen LogP contribution in [0.2, 0.25) is 0 Å². The minimum Gasteiger partial charge on any atom is -0.355 e. The zero-order valence-electron chi connectivity index (χ0n) is 15.4. The molecule has 26 heavy (non-hydrogen) atoms. The molecule has 0 unspecified atom stereocenters. The van der Waals surface area contributed by atoms with Crippen LogP contribution in [-0.2, 0) is 0 Å². The topological polar surface area (TPSA) is 70.1 Å². The average Bonchev–Trinajstić information content (AvgIpc) is 2.72. The highest BCUT2D eigenvalue weighted by Crippen LogP contribution is 2.31. The maximum absolute atomic E-state index is 4.98. The Kier molecular flexibility index (Phi) is 5.69. The van der Waals surface area contributed by atoms with Crippen molar-refractivity contribution in [1.29, 1.82) is 0 Å². The molecule has 2 fully saturated rings. The van der Waals surface area contributed by atoms with E-state index in [2.05, 4.69) is 32.0 Å². The second-order valence-electron chi connectivity index (χ2n) is 6.86. The number of nitrogens with one attached hydrogen (secondary N) is 1. The van der Waals surface area contributed by atoms with Crippen LogP contribution in [0.4, 0.5) is 11.8 Å². The molecule has 4 heterocycles. The summed E-state index contributed by atoms with van der Waals surface area (Å²) in [5.41, 5.74) is 1.81. The summed E-state index contributed by atoms with van der Waals surface area (Å²) in [5, 5.41) is 4.38. The van der Waals surface area contributed by atoms with E-state index in [-0.39, 0.29) is 0 Å².